The molecule has 0 fully saturated rings. The van der Waals surface area contributed by atoms with Crippen LogP contribution in [0.2, 0.25) is 0 Å². The fourth-order valence-electron chi connectivity index (χ4n) is 1.73. The van der Waals surface area contributed by atoms with Gasteiger partial charge in [-0.1, -0.05) is 45.3 Å². The van der Waals surface area contributed by atoms with Crippen LogP contribution in [0.4, 0.5) is 0 Å². The summed E-state index contributed by atoms with van der Waals surface area (Å²) in [5.74, 6) is 1.36. The van der Waals surface area contributed by atoms with E-state index in [1.54, 1.807) is 0 Å². The molecule has 0 aromatic rings. The van der Waals surface area contributed by atoms with Crippen molar-refractivity contribution in [2.45, 2.75) is 60.3 Å². The van der Waals surface area contributed by atoms with Crippen molar-refractivity contribution in [1.29, 1.82) is 0 Å². The molecule has 16 heavy (non-hydrogen) atoms. The molecular formula is C15H29N. The summed E-state index contributed by atoms with van der Waals surface area (Å²) in [5, 5.41) is 0. The van der Waals surface area contributed by atoms with Crippen LogP contribution in [0.1, 0.15) is 60.3 Å². The summed E-state index contributed by atoms with van der Waals surface area (Å²) in [6, 6.07) is 0. The van der Waals surface area contributed by atoms with Gasteiger partial charge < -0.3 is 0 Å². The number of unbranched alkanes of at least 4 members (excludes halogenated alkanes) is 2. The second-order valence-electron chi connectivity index (χ2n) is 5.21. The third kappa shape index (κ3) is 6.81. The molecule has 1 nitrogen and oxygen atoms in total. The molecule has 0 N–H and O–H groups in total. The smallest absolute Gasteiger partial charge is 0.0276 e. The van der Waals surface area contributed by atoms with Crippen molar-refractivity contribution in [3.8, 4) is 0 Å². The third-order valence-electron chi connectivity index (χ3n) is 3.36. The molecule has 0 aromatic carbocycles. The topological polar surface area (TPSA) is 12.4 Å². The van der Waals surface area contributed by atoms with Crippen molar-refractivity contribution in [3.05, 3.63) is 11.6 Å². The van der Waals surface area contributed by atoms with E-state index < -0.39 is 0 Å². The maximum Gasteiger partial charge on any atom is 0.0276 e. The molecule has 0 aliphatic rings. The van der Waals surface area contributed by atoms with E-state index >= 15 is 0 Å². The molecule has 94 valence electrons. The minimum atomic E-state index is 0.509. The first kappa shape index (κ1) is 15.4. The lowest BCUT2D eigenvalue weighted by atomic mass is 9.96. The molecule has 0 heterocycles. The summed E-state index contributed by atoms with van der Waals surface area (Å²) < 4.78 is 0. The van der Waals surface area contributed by atoms with E-state index in [4.69, 9.17) is 0 Å². The van der Waals surface area contributed by atoms with Gasteiger partial charge in [-0.05, 0) is 32.6 Å². The van der Waals surface area contributed by atoms with E-state index in [1.807, 2.05) is 7.05 Å². The summed E-state index contributed by atoms with van der Waals surface area (Å²) in [6.45, 7) is 11.2. The van der Waals surface area contributed by atoms with Gasteiger partial charge in [0.05, 0.1) is 0 Å². The predicted octanol–water partition coefficient (Wildman–Crippen LogP) is 4.88. The van der Waals surface area contributed by atoms with Crippen molar-refractivity contribution in [2.75, 3.05) is 7.05 Å². The van der Waals surface area contributed by atoms with Crippen LogP contribution in [0.15, 0.2) is 16.6 Å². The number of rotatable bonds is 7. The van der Waals surface area contributed by atoms with Crippen LogP contribution in [0, 0.1) is 11.8 Å². The standard InChI is InChI=1S/C15H29N/c1-12(2)10-8-7-9-11-13(3)14(4)15(5)16-6/h11-12,14H,7-10H2,1-6H3/b13-11-,16-15-. The number of aliphatic imine (C=N–C) groups is 1. The molecule has 0 aromatic heterocycles. The minimum Gasteiger partial charge on any atom is -0.297 e. The number of allylic oxidation sites excluding steroid dienone is 2. The molecule has 0 radical (unpaired) electrons. The Morgan fingerprint density at radius 3 is 2.25 bits per heavy atom. The molecule has 0 rings (SSSR count). The minimum absolute atomic E-state index is 0.509. The molecule has 0 aliphatic carbocycles. The van der Waals surface area contributed by atoms with Gasteiger partial charge in [-0.3, -0.25) is 4.99 Å². The van der Waals surface area contributed by atoms with Gasteiger partial charge in [0.15, 0.2) is 0 Å². The molecule has 0 saturated heterocycles. The zero-order valence-electron chi connectivity index (χ0n) is 12.0. The number of hydrogen-bond acceptors (Lipinski definition) is 1. The van der Waals surface area contributed by atoms with Crippen molar-refractivity contribution >= 4 is 5.71 Å². The first-order chi connectivity index (χ1) is 7.49. The summed E-state index contributed by atoms with van der Waals surface area (Å²) in [5.41, 5.74) is 2.70. The molecule has 0 amide bonds. The average Bonchev–Trinajstić information content (AvgIpc) is 2.25. The van der Waals surface area contributed by atoms with Gasteiger partial charge >= 0.3 is 0 Å². The Morgan fingerprint density at radius 2 is 1.75 bits per heavy atom. The van der Waals surface area contributed by atoms with E-state index in [0.29, 0.717) is 5.92 Å². The van der Waals surface area contributed by atoms with E-state index in [-0.39, 0.29) is 0 Å². The highest BCUT2D eigenvalue weighted by atomic mass is 14.7. The number of nitrogens with zero attached hydrogens (tertiary/aromatic N) is 1. The highest BCUT2D eigenvalue weighted by molar-refractivity contribution is 5.86. The molecule has 0 aliphatic heterocycles. The van der Waals surface area contributed by atoms with E-state index in [9.17, 15) is 0 Å². The van der Waals surface area contributed by atoms with Crippen LogP contribution in [0.3, 0.4) is 0 Å². The quantitative estimate of drug-likeness (QED) is 0.331. The van der Waals surface area contributed by atoms with Crippen LogP contribution in [0.5, 0.6) is 0 Å². The van der Waals surface area contributed by atoms with Crippen LogP contribution >= 0.6 is 0 Å². The van der Waals surface area contributed by atoms with Crippen molar-refractivity contribution in [2.24, 2.45) is 16.8 Å². The maximum absolute atomic E-state index is 4.25. The van der Waals surface area contributed by atoms with Gasteiger partial charge in [0.1, 0.15) is 0 Å². The Bertz CT molecular complexity index is 236. The van der Waals surface area contributed by atoms with E-state index in [1.165, 1.54) is 37.0 Å². The van der Waals surface area contributed by atoms with Crippen molar-refractivity contribution in [3.63, 3.8) is 0 Å². The van der Waals surface area contributed by atoms with Crippen molar-refractivity contribution < 1.29 is 0 Å². The van der Waals surface area contributed by atoms with Gasteiger partial charge in [0, 0.05) is 18.7 Å². The van der Waals surface area contributed by atoms with Crippen molar-refractivity contribution in [1.82, 2.24) is 0 Å². The lowest BCUT2D eigenvalue weighted by molar-refractivity contribution is 0.540. The molecule has 0 saturated carbocycles. The highest BCUT2D eigenvalue weighted by Gasteiger charge is 2.06. The molecule has 1 unspecified atom stereocenters. The zero-order valence-corrected chi connectivity index (χ0v) is 12.0. The zero-order chi connectivity index (χ0) is 12.6. The fraction of sp³-hybridized carbons (Fsp3) is 0.800. The van der Waals surface area contributed by atoms with Gasteiger partial charge in [-0.2, -0.15) is 0 Å². The van der Waals surface area contributed by atoms with Gasteiger partial charge in [0.25, 0.3) is 0 Å². The molecule has 1 atom stereocenters. The van der Waals surface area contributed by atoms with E-state index in [2.05, 4.69) is 45.7 Å². The van der Waals surface area contributed by atoms with Crippen LogP contribution in [-0.2, 0) is 0 Å². The van der Waals surface area contributed by atoms with Crippen LogP contribution in [0.25, 0.3) is 0 Å². The van der Waals surface area contributed by atoms with Crippen LogP contribution in [-0.4, -0.2) is 12.8 Å². The lowest BCUT2D eigenvalue weighted by Crippen LogP contribution is -2.08. The largest absolute Gasteiger partial charge is 0.297 e. The Morgan fingerprint density at radius 1 is 1.12 bits per heavy atom. The molecule has 0 spiro atoms. The van der Waals surface area contributed by atoms with Gasteiger partial charge in [0.2, 0.25) is 0 Å². The monoisotopic (exact) mass is 223 g/mol. The van der Waals surface area contributed by atoms with Gasteiger partial charge in [-0.15, -0.1) is 0 Å². The normalized spacial score (nSPS) is 15.7. The summed E-state index contributed by atoms with van der Waals surface area (Å²) in [7, 11) is 1.88. The Labute approximate surface area is 102 Å². The summed E-state index contributed by atoms with van der Waals surface area (Å²) in [4.78, 5) is 4.25. The molecule has 0 bridgehead atoms. The Kier molecular flexibility index (Phi) is 8.23. The average molecular weight is 223 g/mol. The molecule has 1 heteroatoms. The first-order valence-electron chi connectivity index (χ1n) is 6.59. The first-order valence-corrected chi connectivity index (χ1v) is 6.59. The fourth-order valence-corrected chi connectivity index (χ4v) is 1.73. The third-order valence-corrected chi connectivity index (χ3v) is 3.36. The number of hydrogen-bond donors (Lipinski definition) is 0. The second-order valence-corrected chi connectivity index (χ2v) is 5.21. The van der Waals surface area contributed by atoms with E-state index in [0.717, 1.165) is 5.92 Å². The maximum atomic E-state index is 4.25. The summed E-state index contributed by atoms with van der Waals surface area (Å²) in [6.07, 6.45) is 7.65. The summed E-state index contributed by atoms with van der Waals surface area (Å²) >= 11 is 0. The lowest BCUT2D eigenvalue weighted by Gasteiger charge is -2.11. The highest BCUT2D eigenvalue weighted by Crippen LogP contribution is 2.15. The van der Waals surface area contributed by atoms with Crippen LogP contribution < -0.4 is 0 Å². The Hall–Kier alpha value is -0.590. The SMILES string of the molecule is C/N=C(/C)C(C)/C(C)=C\CCCCC(C)C. The second kappa shape index (κ2) is 8.55. The van der Waals surface area contributed by atoms with Gasteiger partial charge in [-0.25, -0.2) is 0 Å². The molecular weight excluding hydrogens is 194 g/mol. The Balaban J connectivity index is 3.87. The predicted molar refractivity (Wildman–Crippen MR) is 75.3 cm³/mol.